The fourth-order valence-electron chi connectivity index (χ4n) is 6.83. The van der Waals surface area contributed by atoms with E-state index >= 15 is 0 Å². The highest BCUT2D eigenvalue weighted by molar-refractivity contribution is 6.28. The molecular weight excluding hydrogens is 434 g/mol. The van der Waals surface area contributed by atoms with Crippen molar-refractivity contribution in [2.75, 3.05) is 0 Å². The van der Waals surface area contributed by atoms with Crippen LogP contribution in [-0.4, -0.2) is 4.57 Å². The second kappa shape index (κ2) is 6.86. The second-order valence-corrected chi connectivity index (χ2v) is 10.5. The summed E-state index contributed by atoms with van der Waals surface area (Å²) in [5.41, 5.74) is 7.97. The molecule has 1 aliphatic rings. The first-order valence-corrected chi connectivity index (χ1v) is 12.7. The number of nitrogens with zero attached hydrogens (tertiary/aromatic N) is 1. The van der Waals surface area contributed by atoms with Gasteiger partial charge in [0.1, 0.15) is 0 Å². The minimum Gasteiger partial charge on any atom is -0.308 e. The van der Waals surface area contributed by atoms with Crippen molar-refractivity contribution in [3.63, 3.8) is 0 Å². The Morgan fingerprint density at radius 3 is 1.92 bits per heavy atom. The third-order valence-corrected chi connectivity index (χ3v) is 8.33. The Morgan fingerprint density at radius 1 is 0.528 bits per heavy atom. The molecule has 0 radical (unpaired) electrons. The third kappa shape index (κ3) is 2.35. The van der Waals surface area contributed by atoms with Crippen molar-refractivity contribution in [3.8, 4) is 16.9 Å². The minimum absolute atomic E-state index is 0.106. The summed E-state index contributed by atoms with van der Waals surface area (Å²) in [6, 6.07) is 42.4. The van der Waals surface area contributed by atoms with Gasteiger partial charge >= 0.3 is 0 Å². The van der Waals surface area contributed by atoms with Crippen LogP contribution in [0.1, 0.15) is 25.0 Å². The van der Waals surface area contributed by atoms with E-state index in [1.165, 1.54) is 71.3 Å². The SMILES string of the molecule is CC1(C)c2ccccc2-c2c1c1c3ccccc3c3ccccc3c1n2-c1cccc2ccccc12. The van der Waals surface area contributed by atoms with Gasteiger partial charge in [-0.05, 0) is 38.7 Å². The first kappa shape index (κ1) is 19.9. The summed E-state index contributed by atoms with van der Waals surface area (Å²) in [6.45, 7) is 4.79. The number of hydrogen-bond donors (Lipinski definition) is 0. The predicted molar refractivity (Wildman–Crippen MR) is 153 cm³/mol. The fourth-order valence-corrected chi connectivity index (χ4v) is 6.83. The topological polar surface area (TPSA) is 4.93 Å². The van der Waals surface area contributed by atoms with Crippen LogP contribution >= 0.6 is 0 Å². The summed E-state index contributed by atoms with van der Waals surface area (Å²) < 4.78 is 2.58. The third-order valence-electron chi connectivity index (χ3n) is 8.33. The maximum atomic E-state index is 2.58. The molecule has 1 nitrogen and oxygen atoms in total. The summed E-state index contributed by atoms with van der Waals surface area (Å²) in [6.07, 6.45) is 0. The first-order chi connectivity index (χ1) is 17.7. The summed E-state index contributed by atoms with van der Waals surface area (Å²) in [5, 5.41) is 9.20. The highest BCUT2D eigenvalue weighted by Gasteiger charge is 2.41. The van der Waals surface area contributed by atoms with E-state index in [1.54, 1.807) is 0 Å². The Bertz CT molecular complexity index is 2010. The molecule has 0 aliphatic heterocycles. The van der Waals surface area contributed by atoms with Crippen LogP contribution in [0.25, 0.3) is 60.2 Å². The van der Waals surface area contributed by atoms with E-state index in [0.29, 0.717) is 0 Å². The van der Waals surface area contributed by atoms with Crippen molar-refractivity contribution in [1.82, 2.24) is 4.57 Å². The Kier molecular flexibility index (Phi) is 3.79. The molecule has 170 valence electrons. The molecule has 8 rings (SSSR count). The monoisotopic (exact) mass is 459 g/mol. The molecule has 0 amide bonds. The van der Waals surface area contributed by atoms with Gasteiger partial charge in [-0.2, -0.15) is 0 Å². The molecule has 1 aliphatic carbocycles. The normalized spacial score (nSPS) is 14.1. The lowest BCUT2D eigenvalue weighted by atomic mass is 9.80. The summed E-state index contributed by atoms with van der Waals surface area (Å²) in [4.78, 5) is 0. The van der Waals surface area contributed by atoms with Gasteiger partial charge in [0, 0.05) is 27.1 Å². The standard InChI is InChI=1S/C35H25N/c1-35(2)29-20-10-9-19-28(29)34-32(35)31-26-17-7-5-15-24(26)25-16-6-8-18-27(25)33(31)36(34)30-21-11-13-22-12-3-4-14-23(22)30/h3-21H,1-2H3. The van der Waals surface area contributed by atoms with Crippen LogP contribution < -0.4 is 0 Å². The van der Waals surface area contributed by atoms with Crippen LogP contribution in [0.3, 0.4) is 0 Å². The maximum Gasteiger partial charge on any atom is 0.0623 e. The van der Waals surface area contributed by atoms with E-state index in [2.05, 4.69) is 134 Å². The molecule has 0 N–H and O–H groups in total. The van der Waals surface area contributed by atoms with E-state index < -0.39 is 0 Å². The highest BCUT2D eigenvalue weighted by Crippen LogP contribution is 2.56. The molecule has 6 aromatic carbocycles. The molecule has 0 saturated heterocycles. The molecule has 0 unspecified atom stereocenters. The molecule has 7 aromatic rings. The van der Waals surface area contributed by atoms with Crippen molar-refractivity contribution in [2.45, 2.75) is 19.3 Å². The summed E-state index contributed by atoms with van der Waals surface area (Å²) in [7, 11) is 0. The predicted octanol–water partition coefficient (Wildman–Crippen LogP) is 9.40. The lowest BCUT2D eigenvalue weighted by Gasteiger charge is -2.22. The fraction of sp³-hybridized carbons (Fsp3) is 0.0857. The summed E-state index contributed by atoms with van der Waals surface area (Å²) >= 11 is 0. The van der Waals surface area contributed by atoms with Crippen molar-refractivity contribution in [1.29, 1.82) is 0 Å². The van der Waals surface area contributed by atoms with E-state index in [-0.39, 0.29) is 5.41 Å². The minimum atomic E-state index is -0.106. The lowest BCUT2D eigenvalue weighted by Crippen LogP contribution is -2.14. The molecule has 0 fully saturated rings. The highest BCUT2D eigenvalue weighted by atomic mass is 15.0. The van der Waals surface area contributed by atoms with Gasteiger partial charge in [0.05, 0.1) is 16.9 Å². The zero-order valence-corrected chi connectivity index (χ0v) is 20.4. The average Bonchev–Trinajstić information content (AvgIpc) is 3.40. The Morgan fingerprint density at radius 2 is 1.11 bits per heavy atom. The van der Waals surface area contributed by atoms with Crippen molar-refractivity contribution < 1.29 is 0 Å². The molecule has 1 heteroatoms. The molecule has 0 spiro atoms. The number of benzene rings is 6. The van der Waals surface area contributed by atoms with E-state index in [1.807, 2.05) is 0 Å². The largest absolute Gasteiger partial charge is 0.308 e. The number of fused-ring (bicyclic) bond motifs is 11. The molecule has 1 aromatic heterocycles. The number of hydrogen-bond acceptors (Lipinski definition) is 0. The lowest BCUT2D eigenvalue weighted by molar-refractivity contribution is 0.666. The quantitative estimate of drug-likeness (QED) is 0.215. The van der Waals surface area contributed by atoms with Crippen LogP contribution in [0.15, 0.2) is 115 Å². The van der Waals surface area contributed by atoms with E-state index in [4.69, 9.17) is 0 Å². The van der Waals surface area contributed by atoms with Crippen LogP contribution in [-0.2, 0) is 5.41 Å². The van der Waals surface area contributed by atoms with Gasteiger partial charge in [-0.1, -0.05) is 123 Å². The molecule has 0 bridgehead atoms. The van der Waals surface area contributed by atoms with Gasteiger partial charge in [0.2, 0.25) is 0 Å². The van der Waals surface area contributed by atoms with Gasteiger partial charge in [-0.15, -0.1) is 0 Å². The van der Waals surface area contributed by atoms with Crippen LogP contribution in [0.5, 0.6) is 0 Å². The summed E-state index contributed by atoms with van der Waals surface area (Å²) in [5.74, 6) is 0. The Balaban J connectivity index is 1.73. The maximum absolute atomic E-state index is 2.58. The van der Waals surface area contributed by atoms with Crippen LogP contribution in [0, 0.1) is 0 Å². The second-order valence-electron chi connectivity index (χ2n) is 10.5. The zero-order valence-electron chi connectivity index (χ0n) is 20.4. The van der Waals surface area contributed by atoms with Gasteiger partial charge in [-0.3, -0.25) is 0 Å². The van der Waals surface area contributed by atoms with Crippen LogP contribution in [0.2, 0.25) is 0 Å². The molecule has 36 heavy (non-hydrogen) atoms. The average molecular weight is 460 g/mol. The van der Waals surface area contributed by atoms with Gasteiger partial charge < -0.3 is 4.57 Å². The molecule has 0 atom stereocenters. The van der Waals surface area contributed by atoms with Gasteiger partial charge in [0.25, 0.3) is 0 Å². The van der Waals surface area contributed by atoms with Gasteiger partial charge in [-0.25, -0.2) is 0 Å². The molecular formula is C35H25N. The van der Waals surface area contributed by atoms with Crippen molar-refractivity contribution in [3.05, 3.63) is 126 Å². The first-order valence-electron chi connectivity index (χ1n) is 12.7. The zero-order chi connectivity index (χ0) is 24.0. The van der Waals surface area contributed by atoms with E-state index in [0.717, 1.165) is 0 Å². The van der Waals surface area contributed by atoms with Crippen molar-refractivity contribution in [2.24, 2.45) is 0 Å². The number of aromatic nitrogens is 1. The molecule has 0 saturated carbocycles. The number of rotatable bonds is 1. The Labute approximate surface area is 210 Å². The van der Waals surface area contributed by atoms with Crippen molar-refractivity contribution >= 4 is 43.2 Å². The van der Waals surface area contributed by atoms with Gasteiger partial charge in [0.15, 0.2) is 0 Å². The smallest absolute Gasteiger partial charge is 0.0623 e. The molecule has 1 heterocycles. The van der Waals surface area contributed by atoms with E-state index in [9.17, 15) is 0 Å². The Hall–Kier alpha value is -4.36. The van der Waals surface area contributed by atoms with Crippen LogP contribution in [0.4, 0.5) is 0 Å².